The van der Waals surface area contributed by atoms with Crippen LogP contribution in [0, 0.1) is 34.0 Å². The molecule has 1 heterocycles. The van der Waals surface area contributed by atoms with Gasteiger partial charge in [-0.3, -0.25) is 0 Å². The molecule has 0 N–H and O–H groups in total. The molecule has 6 heteroatoms. The second-order valence-corrected chi connectivity index (χ2v) is 5.88. The van der Waals surface area contributed by atoms with Crippen LogP contribution < -0.4 is 9.47 Å². The lowest BCUT2D eigenvalue weighted by Crippen LogP contribution is -2.20. The first-order chi connectivity index (χ1) is 12.4. The Hall–Kier alpha value is -3.69. The quantitative estimate of drug-likeness (QED) is 0.771. The molecule has 0 aromatic heterocycles. The van der Waals surface area contributed by atoms with Crippen LogP contribution >= 0.6 is 0 Å². The summed E-state index contributed by atoms with van der Waals surface area (Å²) in [7, 11) is 3.13. The third-order valence-electron chi connectivity index (χ3n) is 3.93. The number of nitriles is 3. The Morgan fingerprint density at radius 1 is 1.08 bits per heavy atom. The number of allylic oxidation sites excluding steroid dienone is 2. The Balaban J connectivity index is 2.57. The summed E-state index contributed by atoms with van der Waals surface area (Å²) in [5, 5.41) is 27.7. The Bertz CT molecular complexity index is 932. The molecule has 0 aliphatic carbocycles. The van der Waals surface area contributed by atoms with Crippen molar-refractivity contribution in [1.29, 1.82) is 15.8 Å². The molecule has 0 radical (unpaired) electrons. The predicted molar refractivity (Wildman–Crippen MR) is 94.6 cm³/mol. The number of hydrogen-bond donors (Lipinski definition) is 0. The van der Waals surface area contributed by atoms with Crippen LogP contribution in [0.25, 0.3) is 6.08 Å². The van der Waals surface area contributed by atoms with E-state index in [1.165, 1.54) is 0 Å². The summed E-state index contributed by atoms with van der Waals surface area (Å²) in [6, 6.07) is 11.0. The summed E-state index contributed by atoms with van der Waals surface area (Å²) in [4.78, 5) is 0. The van der Waals surface area contributed by atoms with Gasteiger partial charge in [-0.25, -0.2) is 0 Å². The van der Waals surface area contributed by atoms with E-state index in [1.807, 2.05) is 12.1 Å². The summed E-state index contributed by atoms with van der Waals surface area (Å²) in [6.07, 6.45) is 3.53. The summed E-state index contributed by atoms with van der Waals surface area (Å²) in [6.45, 7) is 3.54. The number of nitrogens with zero attached hydrogens (tertiary/aromatic N) is 3. The van der Waals surface area contributed by atoms with Crippen molar-refractivity contribution in [2.75, 3.05) is 14.2 Å². The minimum absolute atomic E-state index is 0.0174. The summed E-state index contributed by atoms with van der Waals surface area (Å²) >= 11 is 0. The third-order valence-corrected chi connectivity index (χ3v) is 3.93. The van der Waals surface area contributed by atoms with Gasteiger partial charge in [-0.2, -0.15) is 15.8 Å². The Morgan fingerprint density at radius 3 is 2.31 bits per heavy atom. The molecule has 1 aliphatic rings. The van der Waals surface area contributed by atoms with Gasteiger partial charge in [0, 0.05) is 17.2 Å². The highest BCUT2D eigenvalue weighted by molar-refractivity contribution is 5.66. The van der Waals surface area contributed by atoms with Crippen LogP contribution in [0.1, 0.15) is 19.4 Å². The molecule has 26 heavy (non-hydrogen) atoms. The highest BCUT2D eigenvalue weighted by atomic mass is 16.5. The fourth-order valence-corrected chi connectivity index (χ4v) is 2.61. The van der Waals surface area contributed by atoms with Crippen LogP contribution in [0.15, 0.2) is 46.8 Å². The maximum absolute atomic E-state index is 9.53. The zero-order chi connectivity index (χ0) is 19.3. The maximum atomic E-state index is 9.53. The van der Waals surface area contributed by atoms with Gasteiger partial charge in [-0.05, 0) is 26.0 Å². The molecule has 0 fully saturated rings. The predicted octanol–water partition coefficient (Wildman–Crippen LogP) is 3.65. The van der Waals surface area contributed by atoms with E-state index in [9.17, 15) is 5.26 Å². The van der Waals surface area contributed by atoms with Crippen molar-refractivity contribution in [3.8, 4) is 29.7 Å². The van der Waals surface area contributed by atoms with Crippen molar-refractivity contribution >= 4 is 6.08 Å². The van der Waals surface area contributed by atoms with Crippen LogP contribution in [0.3, 0.4) is 0 Å². The van der Waals surface area contributed by atoms with Crippen molar-refractivity contribution in [1.82, 2.24) is 0 Å². The first-order valence-electron chi connectivity index (χ1n) is 7.70. The molecule has 0 saturated heterocycles. The van der Waals surface area contributed by atoms with Gasteiger partial charge in [-0.1, -0.05) is 12.2 Å². The molecule has 0 atom stereocenters. The zero-order valence-corrected chi connectivity index (χ0v) is 15.0. The normalized spacial score (nSPS) is 15.0. The van der Waals surface area contributed by atoms with Gasteiger partial charge in [-0.15, -0.1) is 0 Å². The van der Waals surface area contributed by atoms with E-state index in [4.69, 9.17) is 24.7 Å². The van der Waals surface area contributed by atoms with E-state index in [0.717, 1.165) is 5.56 Å². The molecule has 1 aliphatic heterocycles. The first-order valence-corrected chi connectivity index (χ1v) is 7.70. The lowest BCUT2D eigenvalue weighted by molar-refractivity contribution is 0.0954. The Labute approximate surface area is 152 Å². The minimum Gasteiger partial charge on any atom is -0.497 e. The Kier molecular flexibility index (Phi) is 5.36. The zero-order valence-electron chi connectivity index (χ0n) is 15.0. The molecule has 6 nitrogen and oxygen atoms in total. The second kappa shape index (κ2) is 7.47. The van der Waals surface area contributed by atoms with Crippen LogP contribution in [0.2, 0.25) is 0 Å². The largest absolute Gasteiger partial charge is 0.497 e. The van der Waals surface area contributed by atoms with E-state index in [0.29, 0.717) is 17.1 Å². The van der Waals surface area contributed by atoms with Gasteiger partial charge >= 0.3 is 0 Å². The van der Waals surface area contributed by atoms with Crippen LogP contribution in [-0.4, -0.2) is 19.8 Å². The van der Waals surface area contributed by atoms with Crippen molar-refractivity contribution in [3.05, 3.63) is 52.3 Å². The van der Waals surface area contributed by atoms with Gasteiger partial charge < -0.3 is 14.2 Å². The van der Waals surface area contributed by atoms with Crippen molar-refractivity contribution in [2.24, 2.45) is 0 Å². The van der Waals surface area contributed by atoms with Crippen molar-refractivity contribution < 1.29 is 14.2 Å². The maximum Gasteiger partial charge on any atom is 0.172 e. The molecule has 0 bridgehead atoms. The van der Waals surface area contributed by atoms with Gasteiger partial charge in [0.25, 0.3) is 0 Å². The van der Waals surface area contributed by atoms with E-state index >= 15 is 0 Å². The molecular formula is C20H17N3O3. The fourth-order valence-electron chi connectivity index (χ4n) is 2.61. The smallest absolute Gasteiger partial charge is 0.172 e. The van der Waals surface area contributed by atoms with Crippen molar-refractivity contribution in [2.45, 2.75) is 19.4 Å². The Morgan fingerprint density at radius 2 is 1.77 bits per heavy atom. The minimum atomic E-state index is -0.852. The second-order valence-electron chi connectivity index (χ2n) is 5.88. The van der Waals surface area contributed by atoms with E-state index in [-0.39, 0.29) is 16.9 Å². The van der Waals surface area contributed by atoms with E-state index in [2.05, 4.69) is 0 Å². The molecule has 1 aromatic rings. The van der Waals surface area contributed by atoms with E-state index in [1.54, 1.807) is 64.5 Å². The molecule has 1 aromatic carbocycles. The number of rotatable bonds is 4. The lowest BCUT2D eigenvalue weighted by atomic mass is 9.94. The number of ether oxygens (including phenoxy) is 3. The van der Waals surface area contributed by atoms with Gasteiger partial charge in [0.15, 0.2) is 11.3 Å². The number of hydrogen-bond acceptors (Lipinski definition) is 6. The topological polar surface area (TPSA) is 99.1 Å². The molecular weight excluding hydrogens is 330 g/mol. The highest BCUT2D eigenvalue weighted by Gasteiger charge is 2.38. The van der Waals surface area contributed by atoms with E-state index < -0.39 is 5.60 Å². The monoisotopic (exact) mass is 347 g/mol. The van der Waals surface area contributed by atoms with Gasteiger partial charge in [0.05, 0.1) is 14.2 Å². The van der Waals surface area contributed by atoms with Crippen LogP contribution in [0.5, 0.6) is 11.5 Å². The van der Waals surface area contributed by atoms with Gasteiger partial charge in [0.1, 0.15) is 40.9 Å². The lowest BCUT2D eigenvalue weighted by Gasteiger charge is -2.20. The average Bonchev–Trinajstić information content (AvgIpc) is 2.90. The van der Waals surface area contributed by atoms with Crippen molar-refractivity contribution in [3.63, 3.8) is 0 Å². The number of methoxy groups -OCH3 is 2. The summed E-state index contributed by atoms with van der Waals surface area (Å²) in [5.41, 5.74) is 0.468. The van der Waals surface area contributed by atoms with Crippen LogP contribution in [0.4, 0.5) is 0 Å². The third kappa shape index (κ3) is 3.38. The average molecular weight is 347 g/mol. The molecule has 0 spiro atoms. The molecule has 130 valence electrons. The first kappa shape index (κ1) is 18.6. The molecule has 2 rings (SSSR count). The molecule has 0 saturated carbocycles. The fraction of sp³-hybridized carbons (Fsp3) is 0.250. The highest BCUT2D eigenvalue weighted by Crippen LogP contribution is 2.40. The SMILES string of the molecule is COc1ccc(/C=C/C2=C(C#N)C(=C(C#N)C#N)OC2(C)C)c(OC)c1. The standard InChI is InChI=1S/C20H17N3O3/c1-20(2)17(16(12-23)19(26-20)14(10-21)11-22)8-6-13-5-7-15(24-3)9-18(13)25-4/h5-9H,1-4H3/b8-6+. The van der Waals surface area contributed by atoms with Crippen LogP contribution in [-0.2, 0) is 4.74 Å². The summed E-state index contributed by atoms with van der Waals surface area (Å²) in [5.74, 6) is 1.30. The summed E-state index contributed by atoms with van der Waals surface area (Å²) < 4.78 is 16.3. The van der Waals surface area contributed by atoms with Gasteiger partial charge in [0.2, 0.25) is 0 Å². The molecule has 0 amide bonds. The molecule has 0 unspecified atom stereocenters. The number of benzene rings is 1.